The summed E-state index contributed by atoms with van der Waals surface area (Å²) < 4.78 is 6.44. The highest BCUT2D eigenvalue weighted by atomic mass is 28.3. The zero-order valence-corrected chi connectivity index (χ0v) is 19.4. The predicted molar refractivity (Wildman–Crippen MR) is 141 cm³/mol. The van der Waals surface area contributed by atoms with Crippen LogP contribution < -0.4 is 20.7 Å². The van der Waals surface area contributed by atoms with Crippen LogP contribution in [0.5, 0.6) is 0 Å². The first-order valence-electron chi connectivity index (χ1n) is 11.5. The Balaban J connectivity index is 1.76. The van der Waals surface area contributed by atoms with E-state index in [0.29, 0.717) is 0 Å². The lowest BCUT2D eigenvalue weighted by molar-refractivity contribution is 0.669. The third kappa shape index (κ3) is 2.41. The van der Waals surface area contributed by atoms with Crippen LogP contribution in [-0.4, -0.2) is 8.07 Å². The maximum Gasteiger partial charge on any atom is 0.181 e. The smallest absolute Gasteiger partial charge is 0.181 e. The van der Waals surface area contributed by atoms with Crippen LogP contribution in [0.15, 0.2) is 120 Å². The minimum absolute atomic E-state index is 0.971. The summed E-state index contributed by atoms with van der Waals surface area (Å²) in [6, 6.07) is 42.4. The number of hydrogen-bond acceptors (Lipinski definition) is 1. The van der Waals surface area contributed by atoms with Crippen molar-refractivity contribution >= 4 is 50.8 Å². The van der Waals surface area contributed by atoms with Crippen LogP contribution in [0.4, 0.5) is 0 Å². The Bertz CT molecular complexity index is 1620. The molecule has 2 heterocycles. The van der Waals surface area contributed by atoms with E-state index in [1.54, 1.807) is 0 Å². The highest BCUT2D eigenvalue weighted by Crippen LogP contribution is 2.37. The molecule has 0 radical (unpaired) electrons. The molecule has 0 amide bonds. The topological polar surface area (TPSA) is 13.1 Å². The number of benzene rings is 5. The van der Waals surface area contributed by atoms with E-state index in [2.05, 4.69) is 122 Å². The second-order valence-corrected chi connectivity index (χ2v) is 12.7. The zero-order valence-electron chi connectivity index (χ0n) is 18.4. The summed E-state index contributed by atoms with van der Waals surface area (Å²) in [5.74, 6) is 0. The Morgan fingerprint density at radius 2 is 1.24 bits per heavy atom. The van der Waals surface area contributed by atoms with E-state index in [9.17, 15) is 0 Å². The molecule has 0 spiro atoms. The molecule has 0 saturated carbocycles. The molecule has 33 heavy (non-hydrogen) atoms. The number of aryl methyl sites for hydroxylation is 1. The number of hydrogen-bond donors (Lipinski definition) is 0. The maximum atomic E-state index is 6.44. The summed E-state index contributed by atoms with van der Waals surface area (Å²) in [5, 5.41) is 8.24. The van der Waals surface area contributed by atoms with Crippen molar-refractivity contribution in [3.05, 3.63) is 121 Å². The molecule has 0 saturated heterocycles. The van der Waals surface area contributed by atoms with E-state index in [4.69, 9.17) is 4.42 Å². The van der Waals surface area contributed by atoms with Crippen molar-refractivity contribution in [1.82, 2.24) is 0 Å². The Hall–Kier alpha value is -3.88. The lowest BCUT2D eigenvalue weighted by Gasteiger charge is -2.31. The Kier molecular flexibility index (Phi) is 3.85. The Morgan fingerprint density at radius 1 is 0.576 bits per heavy atom. The van der Waals surface area contributed by atoms with Crippen molar-refractivity contribution in [1.29, 1.82) is 0 Å². The average Bonchev–Trinajstić information content (AvgIpc) is 3.38. The summed E-state index contributed by atoms with van der Waals surface area (Å²) in [4.78, 5) is 0. The molecule has 0 atom stereocenters. The van der Waals surface area contributed by atoms with E-state index in [-0.39, 0.29) is 0 Å². The van der Waals surface area contributed by atoms with E-state index >= 15 is 0 Å². The molecule has 1 aliphatic heterocycles. The largest absolute Gasteiger partial charge is 0.456 e. The van der Waals surface area contributed by atoms with Crippen molar-refractivity contribution in [2.24, 2.45) is 0 Å². The van der Waals surface area contributed by atoms with E-state index in [1.807, 2.05) is 0 Å². The SMILES string of the molecule is Cc1ccc2c(c1)oc1ccc3c(c12)[Si](c1ccccc1)(c1ccccc1)c1ccccc1-3. The molecule has 0 unspecified atom stereocenters. The van der Waals surface area contributed by atoms with Gasteiger partial charge in [-0.15, -0.1) is 0 Å². The fourth-order valence-electron chi connectivity index (χ4n) is 5.91. The Morgan fingerprint density at radius 3 is 1.97 bits per heavy atom. The van der Waals surface area contributed by atoms with E-state index < -0.39 is 8.07 Å². The minimum atomic E-state index is -2.54. The third-order valence-electron chi connectivity index (χ3n) is 7.20. The normalized spacial score (nSPS) is 13.8. The fourth-order valence-corrected chi connectivity index (χ4v) is 11.3. The summed E-state index contributed by atoms with van der Waals surface area (Å²) in [6.45, 7) is 2.12. The quantitative estimate of drug-likeness (QED) is 0.336. The van der Waals surface area contributed by atoms with Crippen LogP contribution in [-0.2, 0) is 0 Å². The number of rotatable bonds is 2. The van der Waals surface area contributed by atoms with Crippen LogP contribution in [0.2, 0.25) is 0 Å². The van der Waals surface area contributed by atoms with Crippen molar-refractivity contribution in [2.45, 2.75) is 6.92 Å². The highest BCUT2D eigenvalue weighted by molar-refractivity contribution is 7.23. The molecule has 0 fully saturated rings. The molecule has 1 aromatic heterocycles. The molecule has 6 aromatic rings. The Labute approximate surface area is 194 Å². The van der Waals surface area contributed by atoms with Gasteiger partial charge in [-0.05, 0) is 56.5 Å². The van der Waals surface area contributed by atoms with Gasteiger partial charge in [-0.2, -0.15) is 0 Å². The predicted octanol–water partition coefficient (Wildman–Crippen LogP) is 5.25. The van der Waals surface area contributed by atoms with Gasteiger partial charge in [-0.25, -0.2) is 0 Å². The monoisotopic (exact) mass is 438 g/mol. The van der Waals surface area contributed by atoms with Gasteiger partial charge in [-0.1, -0.05) is 103 Å². The lowest BCUT2D eigenvalue weighted by atomic mass is 10.0. The fraction of sp³-hybridized carbons (Fsp3) is 0.0323. The maximum absolute atomic E-state index is 6.44. The second-order valence-electron chi connectivity index (χ2n) is 8.99. The van der Waals surface area contributed by atoms with Gasteiger partial charge in [0.2, 0.25) is 0 Å². The molecule has 2 heteroatoms. The lowest BCUT2D eigenvalue weighted by Crippen LogP contribution is -2.72. The summed E-state index contributed by atoms with van der Waals surface area (Å²) in [7, 11) is -2.54. The number of furan rings is 1. The molecule has 1 aliphatic rings. The first kappa shape index (κ1) is 18.7. The van der Waals surface area contributed by atoms with E-state index in [1.165, 1.54) is 48.2 Å². The molecule has 0 N–H and O–H groups in total. The van der Waals surface area contributed by atoms with Crippen LogP contribution in [0.1, 0.15) is 5.56 Å². The van der Waals surface area contributed by atoms with Crippen molar-refractivity contribution in [3.63, 3.8) is 0 Å². The molecular weight excluding hydrogens is 416 g/mol. The standard InChI is InChI=1S/C31H22OSi/c1-21-16-17-26-28(20-21)32-27-19-18-25-24-14-8-9-15-29(24)33(31(25)30(26)27,22-10-4-2-5-11-22)23-12-6-3-7-13-23/h2-20H,1H3. The van der Waals surface area contributed by atoms with Gasteiger partial charge < -0.3 is 4.42 Å². The number of fused-ring (bicyclic) bond motifs is 7. The molecular formula is C31H22OSi. The van der Waals surface area contributed by atoms with Gasteiger partial charge in [0, 0.05) is 10.8 Å². The first-order chi connectivity index (χ1) is 16.3. The van der Waals surface area contributed by atoms with Gasteiger partial charge in [0.1, 0.15) is 11.2 Å². The minimum Gasteiger partial charge on any atom is -0.456 e. The zero-order chi connectivity index (χ0) is 22.0. The molecule has 7 rings (SSSR count). The van der Waals surface area contributed by atoms with E-state index in [0.717, 1.165) is 11.2 Å². The van der Waals surface area contributed by atoms with Crippen LogP contribution in [0, 0.1) is 6.92 Å². The van der Waals surface area contributed by atoms with Crippen molar-refractivity contribution in [3.8, 4) is 11.1 Å². The molecule has 156 valence electrons. The van der Waals surface area contributed by atoms with Crippen molar-refractivity contribution < 1.29 is 4.42 Å². The highest BCUT2D eigenvalue weighted by Gasteiger charge is 2.50. The van der Waals surface area contributed by atoms with Gasteiger partial charge >= 0.3 is 0 Å². The molecule has 5 aromatic carbocycles. The van der Waals surface area contributed by atoms with Crippen LogP contribution >= 0.6 is 0 Å². The van der Waals surface area contributed by atoms with Crippen LogP contribution in [0.3, 0.4) is 0 Å². The summed E-state index contributed by atoms with van der Waals surface area (Å²) >= 11 is 0. The second kappa shape index (κ2) is 6.81. The first-order valence-corrected chi connectivity index (χ1v) is 13.5. The van der Waals surface area contributed by atoms with Crippen LogP contribution in [0.25, 0.3) is 33.1 Å². The molecule has 0 bridgehead atoms. The van der Waals surface area contributed by atoms with Crippen molar-refractivity contribution in [2.75, 3.05) is 0 Å². The molecule has 1 nitrogen and oxygen atoms in total. The van der Waals surface area contributed by atoms with Gasteiger partial charge in [-0.3, -0.25) is 0 Å². The summed E-state index contributed by atoms with van der Waals surface area (Å²) in [6.07, 6.45) is 0. The molecule has 0 aliphatic carbocycles. The van der Waals surface area contributed by atoms with Gasteiger partial charge in [0.05, 0.1) is 0 Å². The third-order valence-corrected chi connectivity index (χ3v) is 12.1. The van der Waals surface area contributed by atoms with Gasteiger partial charge in [0.25, 0.3) is 0 Å². The van der Waals surface area contributed by atoms with Gasteiger partial charge in [0.15, 0.2) is 8.07 Å². The summed E-state index contributed by atoms with van der Waals surface area (Å²) in [5.41, 5.74) is 5.87. The average molecular weight is 439 g/mol.